The van der Waals surface area contributed by atoms with Gasteiger partial charge in [-0.2, -0.15) is 0 Å². The van der Waals surface area contributed by atoms with Crippen molar-refractivity contribution in [3.63, 3.8) is 0 Å². The smallest absolute Gasteiger partial charge is 0.0876 e. The third kappa shape index (κ3) is 2.68. The van der Waals surface area contributed by atoms with E-state index in [4.69, 9.17) is 10.6 Å². The minimum absolute atomic E-state index is 0.0490. The fraction of sp³-hybridized carbons (Fsp3) is 0.400. The molecule has 1 aliphatic rings. The van der Waals surface area contributed by atoms with E-state index in [0.717, 1.165) is 27.7 Å². The monoisotopic (exact) mass is 366 g/mol. The summed E-state index contributed by atoms with van der Waals surface area (Å²) in [6, 6.07) is 2.13. The van der Waals surface area contributed by atoms with E-state index in [0.29, 0.717) is 0 Å². The van der Waals surface area contributed by atoms with E-state index in [1.807, 2.05) is 6.26 Å². The van der Waals surface area contributed by atoms with Crippen molar-refractivity contribution >= 4 is 43.2 Å². The number of nitrogens with one attached hydrogen (secondary N) is 1. The van der Waals surface area contributed by atoms with E-state index in [9.17, 15) is 0 Å². The van der Waals surface area contributed by atoms with Gasteiger partial charge in [-0.25, -0.2) is 5.43 Å². The van der Waals surface area contributed by atoms with E-state index in [1.54, 1.807) is 11.3 Å². The minimum atomic E-state index is 0.0490. The van der Waals surface area contributed by atoms with Gasteiger partial charge in [0.05, 0.1) is 22.7 Å². The molecule has 1 aliphatic heterocycles. The largest absolute Gasteiger partial charge is 0.501 e. The van der Waals surface area contributed by atoms with Gasteiger partial charge in [-0.1, -0.05) is 0 Å². The molecular formula is C10H12Br2N2OS. The van der Waals surface area contributed by atoms with Crippen LogP contribution in [0, 0.1) is 0 Å². The number of hydrogen-bond donors (Lipinski definition) is 2. The third-order valence-electron chi connectivity index (χ3n) is 2.45. The average molecular weight is 368 g/mol. The van der Waals surface area contributed by atoms with Crippen molar-refractivity contribution in [1.29, 1.82) is 0 Å². The van der Waals surface area contributed by atoms with Gasteiger partial charge >= 0.3 is 0 Å². The standard InChI is InChI=1S/C10H12Br2N2OS/c11-7-4-8(16-10(7)12)9(14-13)6-2-1-3-15-5-6/h4-5,9,14H,1-3,13H2. The molecule has 2 heterocycles. The first-order valence-corrected chi connectivity index (χ1v) is 7.34. The first-order chi connectivity index (χ1) is 7.72. The van der Waals surface area contributed by atoms with E-state index in [-0.39, 0.29) is 6.04 Å². The van der Waals surface area contributed by atoms with Crippen LogP contribution in [0.2, 0.25) is 0 Å². The summed E-state index contributed by atoms with van der Waals surface area (Å²) in [6.07, 6.45) is 3.91. The Kier molecular flexibility index (Phi) is 4.43. The van der Waals surface area contributed by atoms with Gasteiger partial charge in [-0.05, 0) is 56.3 Å². The molecule has 0 fully saturated rings. The highest BCUT2D eigenvalue weighted by molar-refractivity contribution is 9.13. The van der Waals surface area contributed by atoms with Crippen LogP contribution in [0.3, 0.4) is 0 Å². The number of hydrogen-bond acceptors (Lipinski definition) is 4. The summed E-state index contributed by atoms with van der Waals surface area (Å²) in [6.45, 7) is 0.804. The highest BCUT2D eigenvalue weighted by atomic mass is 79.9. The molecule has 0 saturated heterocycles. The van der Waals surface area contributed by atoms with Crippen LogP contribution >= 0.6 is 43.2 Å². The van der Waals surface area contributed by atoms with Crippen LogP contribution in [0.25, 0.3) is 0 Å². The van der Waals surface area contributed by atoms with E-state index < -0.39 is 0 Å². The molecule has 2 rings (SSSR count). The number of hydrazine groups is 1. The van der Waals surface area contributed by atoms with Gasteiger partial charge in [-0.15, -0.1) is 11.3 Å². The Morgan fingerprint density at radius 1 is 1.50 bits per heavy atom. The predicted molar refractivity (Wildman–Crippen MR) is 73.1 cm³/mol. The average Bonchev–Trinajstić information content (AvgIpc) is 2.61. The van der Waals surface area contributed by atoms with Crippen molar-refractivity contribution in [2.24, 2.45) is 5.84 Å². The van der Waals surface area contributed by atoms with Crippen molar-refractivity contribution in [3.8, 4) is 0 Å². The van der Waals surface area contributed by atoms with Crippen molar-refractivity contribution in [3.05, 3.63) is 31.0 Å². The van der Waals surface area contributed by atoms with Gasteiger partial charge in [0.1, 0.15) is 0 Å². The molecule has 0 saturated carbocycles. The molecule has 0 spiro atoms. The summed E-state index contributed by atoms with van der Waals surface area (Å²) in [7, 11) is 0. The molecule has 16 heavy (non-hydrogen) atoms. The molecular weight excluding hydrogens is 356 g/mol. The van der Waals surface area contributed by atoms with Crippen LogP contribution in [-0.2, 0) is 4.74 Å². The zero-order valence-electron chi connectivity index (χ0n) is 8.50. The number of rotatable bonds is 3. The Labute approximate surface area is 115 Å². The number of thiophene rings is 1. The first-order valence-electron chi connectivity index (χ1n) is 4.93. The molecule has 88 valence electrons. The molecule has 0 bridgehead atoms. The summed E-state index contributed by atoms with van der Waals surface area (Å²) in [5, 5.41) is 0. The topological polar surface area (TPSA) is 47.3 Å². The van der Waals surface area contributed by atoms with Crippen molar-refractivity contribution < 1.29 is 4.74 Å². The molecule has 1 unspecified atom stereocenters. The van der Waals surface area contributed by atoms with E-state index >= 15 is 0 Å². The molecule has 1 aromatic heterocycles. The van der Waals surface area contributed by atoms with Crippen LogP contribution in [0.4, 0.5) is 0 Å². The summed E-state index contributed by atoms with van der Waals surface area (Å²) in [4.78, 5) is 1.18. The summed E-state index contributed by atoms with van der Waals surface area (Å²) in [5.41, 5.74) is 4.05. The van der Waals surface area contributed by atoms with Crippen LogP contribution < -0.4 is 11.3 Å². The molecule has 0 aromatic carbocycles. The third-order valence-corrected chi connectivity index (χ3v) is 5.77. The lowest BCUT2D eigenvalue weighted by molar-refractivity contribution is 0.219. The lowest BCUT2D eigenvalue weighted by Gasteiger charge is -2.21. The Morgan fingerprint density at radius 2 is 2.31 bits per heavy atom. The second-order valence-electron chi connectivity index (χ2n) is 3.54. The van der Waals surface area contributed by atoms with Crippen molar-refractivity contribution in [1.82, 2.24) is 5.43 Å². The highest BCUT2D eigenvalue weighted by Gasteiger charge is 2.20. The minimum Gasteiger partial charge on any atom is -0.501 e. The summed E-state index contributed by atoms with van der Waals surface area (Å²) < 4.78 is 7.49. The maximum atomic E-state index is 5.62. The Hall–Kier alpha value is 0.120. The second kappa shape index (κ2) is 5.64. The van der Waals surface area contributed by atoms with Crippen molar-refractivity contribution in [2.75, 3.05) is 6.61 Å². The molecule has 1 atom stereocenters. The summed E-state index contributed by atoms with van der Waals surface area (Å²) in [5.74, 6) is 5.62. The fourth-order valence-electron chi connectivity index (χ4n) is 1.67. The summed E-state index contributed by atoms with van der Waals surface area (Å²) >= 11 is 8.64. The van der Waals surface area contributed by atoms with Gasteiger partial charge in [0.15, 0.2) is 0 Å². The van der Waals surface area contributed by atoms with E-state index in [2.05, 4.69) is 43.4 Å². The SMILES string of the molecule is NNC(C1=COCCC1)c1cc(Br)c(Br)s1. The van der Waals surface area contributed by atoms with E-state index in [1.165, 1.54) is 10.5 Å². The zero-order valence-corrected chi connectivity index (χ0v) is 12.5. The number of ether oxygens (including phenoxy) is 1. The van der Waals surface area contributed by atoms with Gasteiger partial charge in [0, 0.05) is 9.35 Å². The number of nitrogens with two attached hydrogens (primary N) is 1. The normalized spacial score (nSPS) is 17.8. The fourth-order valence-corrected chi connectivity index (χ4v) is 3.87. The zero-order chi connectivity index (χ0) is 11.5. The lowest BCUT2D eigenvalue weighted by atomic mass is 10.0. The van der Waals surface area contributed by atoms with Gasteiger partial charge in [0.2, 0.25) is 0 Å². The molecule has 0 amide bonds. The number of halogens is 2. The maximum Gasteiger partial charge on any atom is 0.0876 e. The van der Waals surface area contributed by atoms with Gasteiger partial charge in [0.25, 0.3) is 0 Å². The Bertz CT molecular complexity index is 386. The van der Waals surface area contributed by atoms with Crippen LogP contribution in [0.15, 0.2) is 26.2 Å². The van der Waals surface area contributed by atoms with Crippen LogP contribution in [-0.4, -0.2) is 6.61 Å². The predicted octanol–water partition coefficient (Wildman–Crippen LogP) is 3.47. The lowest BCUT2D eigenvalue weighted by Crippen LogP contribution is -2.29. The Balaban J connectivity index is 2.24. The van der Waals surface area contributed by atoms with Gasteiger partial charge in [-0.3, -0.25) is 5.84 Å². The van der Waals surface area contributed by atoms with Crippen molar-refractivity contribution in [2.45, 2.75) is 18.9 Å². The highest BCUT2D eigenvalue weighted by Crippen LogP contribution is 2.38. The molecule has 1 aromatic rings. The van der Waals surface area contributed by atoms with Gasteiger partial charge < -0.3 is 4.74 Å². The maximum absolute atomic E-state index is 5.62. The molecule has 6 heteroatoms. The van der Waals surface area contributed by atoms with Crippen LogP contribution in [0.5, 0.6) is 0 Å². The second-order valence-corrected chi connectivity index (χ2v) is 6.79. The quantitative estimate of drug-likeness (QED) is 0.635. The Morgan fingerprint density at radius 3 is 2.81 bits per heavy atom. The molecule has 0 radical (unpaired) electrons. The van der Waals surface area contributed by atoms with Crippen LogP contribution in [0.1, 0.15) is 23.8 Å². The molecule has 3 nitrogen and oxygen atoms in total. The first kappa shape index (κ1) is 12.6. The molecule has 3 N–H and O–H groups in total. The molecule has 0 aliphatic carbocycles.